The number of halogens is 1. The minimum absolute atomic E-state index is 0.0664. The molecule has 0 saturated carbocycles. The van der Waals surface area contributed by atoms with Crippen molar-refractivity contribution in [1.29, 1.82) is 0 Å². The third kappa shape index (κ3) is 4.16. The largest absolute Gasteiger partial charge is 0.478 e. The van der Waals surface area contributed by atoms with E-state index in [2.05, 4.69) is 0 Å². The summed E-state index contributed by atoms with van der Waals surface area (Å²) in [4.78, 5) is 10.8. The molecule has 140 valence electrons. The summed E-state index contributed by atoms with van der Waals surface area (Å²) < 4.78 is 51.1. The van der Waals surface area contributed by atoms with Gasteiger partial charge in [0.2, 0.25) is 10.0 Å². The molecule has 1 aromatic rings. The molecule has 25 heavy (non-hydrogen) atoms. The average molecular weight is 410 g/mol. The van der Waals surface area contributed by atoms with Crippen LogP contribution in [0.25, 0.3) is 0 Å². The third-order valence-electron chi connectivity index (χ3n) is 4.33. The number of carboxylic acids is 1. The van der Waals surface area contributed by atoms with E-state index in [1.54, 1.807) is 13.8 Å². The summed E-state index contributed by atoms with van der Waals surface area (Å²) in [6, 6.07) is 2.32. The number of sulfonamides is 1. The fourth-order valence-corrected chi connectivity index (χ4v) is 7.13. The molecule has 0 aromatic heterocycles. The highest BCUT2D eigenvalue weighted by molar-refractivity contribution is 7.92. The van der Waals surface area contributed by atoms with Crippen molar-refractivity contribution in [2.75, 3.05) is 11.5 Å². The molecular formula is C15H20ClNO6S2. The normalized spacial score (nSPS) is 21.4. The molecule has 0 amide bonds. The van der Waals surface area contributed by atoms with Crippen molar-refractivity contribution in [2.24, 2.45) is 0 Å². The fraction of sp³-hybridized carbons (Fsp3) is 0.533. The quantitative estimate of drug-likeness (QED) is 0.769. The van der Waals surface area contributed by atoms with Gasteiger partial charge in [0.05, 0.1) is 22.1 Å². The number of nitrogens with zero attached hydrogens (tertiary/aromatic N) is 1. The standard InChI is InChI=1S/C15H20ClNO6S2/c1-3-10(2)17(12-6-7-24(20,21)9-12)25(22,23)14-8-11(15(18)19)4-5-13(14)16/h4-5,8,10,12H,3,6-7,9H2,1-2H3,(H,18,19)/t10-,12+/m0/s1. The lowest BCUT2D eigenvalue weighted by atomic mass is 10.2. The maximum absolute atomic E-state index is 13.2. The molecule has 0 unspecified atom stereocenters. The Morgan fingerprint density at radius 2 is 2.08 bits per heavy atom. The lowest BCUT2D eigenvalue weighted by molar-refractivity contribution is 0.0696. The van der Waals surface area contributed by atoms with Crippen molar-refractivity contribution in [3.63, 3.8) is 0 Å². The Kier molecular flexibility index (Phi) is 5.82. The molecule has 1 aliphatic rings. The van der Waals surface area contributed by atoms with Gasteiger partial charge in [0.15, 0.2) is 9.84 Å². The minimum Gasteiger partial charge on any atom is -0.478 e. The van der Waals surface area contributed by atoms with E-state index in [4.69, 9.17) is 16.7 Å². The predicted octanol–water partition coefficient (Wildman–Crippen LogP) is 2.01. The molecule has 2 rings (SSSR count). The first-order chi connectivity index (χ1) is 11.5. The van der Waals surface area contributed by atoms with E-state index in [9.17, 15) is 21.6 Å². The van der Waals surface area contributed by atoms with Crippen LogP contribution >= 0.6 is 11.6 Å². The highest BCUT2D eigenvalue weighted by atomic mass is 35.5. The monoisotopic (exact) mass is 409 g/mol. The van der Waals surface area contributed by atoms with Crippen LogP contribution in [0, 0.1) is 0 Å². The molecule has 0 bridgehead atoms. The van der Waals surface area contributed by atoms with Crippen LogP contribution in [0.2, 0.25) is 5.02 Å². The number of carbonyl (C=O) groups is 1. The van der Waals surface area contributed by atoms with Crippen molar-refractivity contribution in [2.45, 2.75) is 43.7 Å². The molecule has 0 spiro atoms. The zero-order valence-corrected chi connectivity index (χ0v) is 16.2. The molecule has 1 aliphatic heterocycles. The van der Waals surface area contributed by atoms with Crippen LogP contribution in [0.3, 0.4) is 0 Å². The lowest BCUT2D eigenvalue weighted by Gasteiger charge is -2.32. The van der Waals surface area contributed by atoms with E-state index in [1.807, 2.05) is 0 Å². The SMILES string of the molecule is CC[C@H](C)N([C@@H]1CCS(=O)(=O)C1)S(=O)(=O)c1cc(C(=O)O)ccc1Cl. The molecular weight excluding hydrogens is 390 g/mol. The van der Waals surface area contributed by atoms with Crippen LogP contribution in [0.1, 0.15) is 37.0 Å². The minimum atomic E-state index is -4.16. The van der Waals surface area contributed by atoms with E-state index in [-0.39, 0.29) is 33.4 Å². The first-order valence-corrected chi connectivity index (χ1v) is 11.4. The van der Waals surface area contributed by atoms with Crippen LogP contribution < -0.4 is 0 Å². The number of hydrogen-bond acceptors (Lipinski definition) is 5. The summed E-state index contributed by atoms with van der Waals surface area (Å²) in [7, 11) is -7.45. The lowest BCUT2D eigenvalue weighted by Crippen LogP contribution is -2.46. The topological polar surface area (TPSA) is 109 Å². The van der Waals surface area contributed by atoms with Crippen LogP contribution in [0.4, 0.5) is 0 Å². The van der Waals surface area contributed by atoms with Crippen LogP contribution in [0.15, 0.2) is 23.1 Å². The second-order valence-corrected chi connectivity index (χ2v) is 10.5. The molecule has 1 heterocycles. The van der Waals surface area contributed by atoms with E-state index in [0.29, 0.717) is 6.42 Å². The van der Waals surface area contributed by atoms with Crippen LogP contribution in [-0.2, 0) is 19.9 Å². The van der Waals surface area contributed by atoms with Crippen molar-refractivity contribution in [3.8, 4) is 0 Å². The van der Waals surface area contributed by atoms with Crippen molar-refractivity contribution < 1.29 is 26.7 Å². The fourth-order valence-electron chi connectivity index (χ4n) is 2.90. The van der Waals surface area contributed by atoms with Crippen molar-refractivity contribution in [3.05, 3.63) is 28.8 Å². The summed E-state index contributed by atoms with van der Waals surface area (Å²) in [5, 5.41) is 9.01. The Bertz CT molecular complexity index is 881. The van der Waals surface area contributed by atoms with Crippen LogP contribution in [0.5, 0.6) is 0 Å². The van der Waals surface area contributed by atoms with Crippen molar-refractivity contribution >= 4 is 37.4 Å². The van der Waals surface area contributed by atoms with Crippen molar-refractivity contribution in [1.82, 2.24) is 4.31 Å². The summed E-state index contributed by atoms with van der Waals surface area (Å²) in [5.74, 6) is -1.58. The van der Waals surface area contributed by atoms with Gasteiger partial charge in [-0.1, -0.05) is 18.5 Å². The first-order valence-electron chi connectivity index (χ1n) is 7.76. The Labute approximate surface area is 152 Å². The molecule has 2 atom stereocenters. The first kappa shape index (κ1) is 20.2. The van der Waals surface area contributed by atoms with Gasteiger partial charge in [0.1, 0.15) is 4.90 Å². The molecule has 1 aromatic carbocycles. The van der Waals surface area contributed by atoms with Crippen LogP contribution in [-0.4, -0.2) is 55.8 Å². The maximum Gasteiger partial charge on any atom is 0.335 e. The zero-order valence-electron chi connectivity index (χ0n) is 13.8. The van der Waals surface area contributed by atoms with Gasteiger partial charge < -0.3 is 5.11 Å². The molecule has 0 aliphatic carbocycles. The molecule has 1 fully saturated rings. The number of aromatic carboxylic acids is 1. The van der Waals surface area contributed by atoms with Gasteiger partial charge in [-0.25, -0.2) is 21.6 Å². The second-order valence-electron chi connectivity index (χ2n) is 6.10. The van der Waals surface area contributed by atoms with Gasteiger partial charge in [-0.2, -0.15) is 4.31 Å². The zero-order chi connectivity index (χ0) is 19.0. The average Bonchev–Trinajstić information content (AvgIpc) is 2.86. The summed E-state index contributed by atoms with van der Waals surface area (Å²) in [6.07, 6.45) is 0.689. The summed E-state index contributed by atoms with van der Waals surface area (Å²) in [5.41, 5.74) is -0.203. The smallest absolute Gasteiger partial charge is 0.335 e. The summed E-state index contributed by atoms with van der Waals surface area (Å²) in [6.45, 7) is 3.49. The van der Waals surface area contributed by atoms with Gasteiger partial charge in [-0.3, -0.25) is 0 Å². The van der Waals surface area contributed by atoms with Gasteiger partial charge >= 0.3 is 5.97 Å². The third-order valence-corrected chi connectivity index (χ3v) is 8.63. The number of sulfone groups is 1. The molecule has 1 saturated heterocycles. The highest BCUT2D eigenvalue weighted by Crippen LogP contribution is 2.32. The summed E-state index contributed by atoms with van der Waals surface area (Å²) >= 11 is 6.02. The van der Waals surface area contributed by atoms with E-state index < -0.39 is 37.9 Å². The molecule has 10 heteroatoms. The Balaban J connectivity index is 2.56. The van der Waals surface area contributed by atoms with Gasteiger partial charge in [0.25, 0.3) is 0 Å². The molecule has 7 nitrogen and oxygen atoms in total. The molecule has 1 N–H and O–H groups in total. The number of carboxylic acid groups (broad SMARTS) is 1. The van der Waals surface area contributed by atoms with E-state index >= 15 is 0 Å². The predicted molar refractivity (Wildman–Crippen MR) is 94.2 cm³/mol. The number of rotatable bonds is 6. The maximum atomic E-state index is 13.2. The second kappa shape index (κ2) is 7.22. The van der Waals surface area contributed by atoms with Gasteiger partial charge in [-0.15, -0.1) is 0 Å². The van der Waals surface area contributed by atoms with Gasteiger partial charge in [-0.05, 0) is 38.0 Å². The Morgan fingerprint density at radius 1 is 1.44 bits per heavy atom. The van der Waals surface area contributed by atoms with Gasteiger partial charge in [0, 0.05) is 12.1 Å². The molecule has 0 radical (unpaired) electrons. The van der Waals surface area contributed by atoms with E-state index in [1.165, 1.54) is 16.4 Å². The highest BCUT2D eigenvalue weighted by Gasteiger charge is 2.41. The van der Waals surface area contributed by atoms with E-state index in [0.717, 1.165) is 6.07 Å². The Morgan fingerprint density at radius 3 is 2.56 bits per heavy atom. The Hall–Kier alpha value is -1.16. The number of benzene rings is 1. The number of hydrogen-bond donors (Lipinski definition) is 1.